The van der Waals surface area contributed by atoms with Gasteiger partial charge < -0.3 is 15.5 Å². The quantitative estimate of drug-likeness (QED) is 0.578. The fourth-order valence-corrected chi connectivity index (χ4v) is 2.92. The van der Waals surface area contributed by atoms with Gasteiger partial charge in [-0.15, -0.1) is 0 Å². The molecule has 30 heavy (non-hydrogen) atoms. The summed E-state index contributed by atoms with van der Waals surface area (Å²) in [5, 5.41) is 5.81. The van der Waals surface area contributed by atoms with E-state index in [4.69, 9.17) is 0 Å². The van der Waals surface area contributed by atoms with E-state index in [-0.39, 0.29) is 5.56 Å². The lowest BCUT2D eigenvalue weighted by molar-refractivity contribution is 0.102. The fourth-order valence-electron chi connectivity index (χ4n) is 2.92. The van der Waals surface area contributed by atoms with Crippen LogP contribution >= 0.6 is 0 Å². The minimum absolute atomic E-state index is 0.0354. The van der Waals surface area contributed by atoms with Gasteiger partial charge in [0, 0.05) is 41.8 Å². The molecule has 6 nitrogen and oxygen atoms in total. The molecule has 0 saturated heterocycles. The highest BCUT2D eigenvalue weighted by Crippen LogP contribution is 2.20. The van der Waals surface area contributed by atoms with Crippen molar-refractivity contribution >= 4 is 29.0 Å². The van der Waals surface area contributed by atoms with Gasteiger partial charge in [-0.25, -0.2) is 13.8 Å². The first-order valence-electron chi connectivity index (χ1n) is 9.63. The number of halogens is 2. The van der Waals surface area contributed by atoms with Crippen LogP contribution in [0.4, 0.5) is 31.9 Å². The average molecular weight is 411 g/mol. The highest BCUT2D eigenvalue weighted by atomic mass is 19.2. The van der Waals surface area contributed by atoms with Crippen molar-refractivity contribution < 1.29 is 13.6 Å². The van der Waals surface area contributed by atoms with E-state index in [0.717, 1.165) is 42.4 Å². The Hall–Kier alpha value is -3.55. The summed E-state index contributed by atoms with van der Waals surface area (Å²) in [5.41, 5.74) is 2.15. The van der Waals surface area contributed by atoms with Gasteiger partial charge in [-0.2, -0.15) is 4.98 Å². The number of nitrogens with one attached hydrogen (secondary N) is 2. The van der Waals surface area contributed by atoms with Gasteiger partial charge in [0.2, 0.25) is 5.95 Å². The number of aromatic nitrogens is 2. The van der Waals surface area contributed by atoms with E-state index in [9.17, 15) is 13.6 Å². The van der Waals surface area contributed by atoms with Crippen LogP contribution in [0.25, 0.3) is 0 Å². The maximum Gasteiger partial charge on any atom is 0.255 e. The van der Waals surface area contributed by atoms with Crippen molar-refractivity contribution in [2.24, 2.45) is 0 Å². The summed E-state index contributed by atoms with van der Waals surface area (Å²) in [5.74, 6) is -1.25. The van der Waals surface area contributed by atoms with Crippen molar-refractivity contribution in [3.8, 4) is 0 Å². The molecular formula is C22H23F2N5O. The zero-order valence-electron chi connectivity index (χ0n) is 17.0. The van der Waals surface area contributed by atoms with Crippen LogP contribution in [0, 0.1) is 18.6 Å². The molecule has 0 aliphatic carbocycles. The molecule has 0 saturated carbocycles. The lowest BCUT2D eigenvalue weighted by atomic mass is 10.2. The van der Waals surface area contributed by atoms with Crippen LogP contribution in [0.5, 0.6) is 0 Å². The number of aryl methyl sites for hydroxylation is 1. The maximum atomic E-state index is 13.3. The Balaban J connectivity index is 1.70. The molecule has 0 aliphatic rings. The molecule has 1 amide bonds. The third-order valence-corrected chi connectivity index (χ3v) is 4.51. The van der Waals surface area contributed by atoms with Gasteiger partial charge >= 0.3 is 0 Å². The molecular weight excluding hydrogens is 388 g/mol. The summed E-state index contributed by atoms with van der Waals surface area (Å²) >= 11 is 0. The van der Waals surface area contributed by atoms with Crippen molar-refractivity contribution in [3.63, 3.8) is 0 Å². The van der Waals surface area contributed by atoms with E-state index in [1.807, 2.05) is 13.0 Å². The van der Waals surface area contributed by atoms with Crippen LogP contribution in [0.1, 0.15) is 29.9 Å². The number of anilines is 4. The molecule has 2 N–H and O–H groups in total. The summed E-state index contributed by atoms with van der Waals surface area (Å²) in [6.45, 7) is 7.75. The minimum atomic E-state index is -1.07. The lowest BCUT2D eigenvalue weighted by Gasteiger charge is -2.20. The highest BCUT2D eigenvalue weighted by Gasteiger charge is 2.11. The van der Waals surface area contributed by atoms with Gasteiger partial charge in [-0.3, -0.25) is 4.79 Å². The number of carbonyl (C=O) groups is 1. The van der Waals surface area contributed by atoms with E-state index in [0.29, 0.717) is 11.6 Å². The molecule has 2 aromatic carbocycles. The second-order valence-corrected chi connectivity index (χ2v) is 6.65. The van der Waals surface area contributed by atoms with Crippen molar-refractivity contribution in [3.05, 3.63) is 71.4 Å². The Morgan fingerprint density at radius 2 is 1.60 bits per heavy atom. The predicted octanol–water partition coefficient (Wildman–Crippen LogP) is 4.91. The van der Waals surface area contributed by atoms with E-state index >= 15 is 0 Å². The second-order valence-electron chi connectivity index (χ2n) is 6.65. The predicted molar refractivity (Wildman–Crippen MR) is 114 cm³/mol. The van der Waals surface area contributed by atoms with Crippen LogP contribution in [-0.4, -0.2) is 29.0 Å². The first-order valence-corrected chi connectivity index (χ1v) is 9.63. The molecule has 0 fully saturated rings. The van der Waals surface area contributed by atoms with Crippen molar-refractivity contribution in [2.45, 2.75) is 20.8 Å². The number of carbonyl (C=O) groups excluding carboxylic acids is 1. The Morgan fingerprint density at radius 1 is 0.933 bits per heavy atom. The molecule has 0 atom stereocenters. The minimum Gasteiger partial charge on any atom is -0.357 e. The Bertz CT molecular complexity index is 1040. The number of benzene rings is 2. The third-order valence-electron chi connectivity index (χ3n) is 4.51. The van der Waals surface area contributed by atoms with E-state index < -0.39 is 17.5 Å². The molecule has 3 aromatic rings. The topological polar surface area (TPSA) is 70.2 Å². The standard InChI is InChI=1S/C22H23F2N5O/c1-4-29(5-2)20-12-14(3)25-22(28-20)27-17-9-7-16(8-10-17)26-21(30)15-6-11-18(23)19(24)13-15/h6-13H,4-5H2,1-3H3,(H,26,30)(H,25,27,28). The number of hydrogen-bond donors (Lipinski definition) is 2. The monoisotopic (exact) mass is 411 g/mol. The van der Waals surface area contributed by atoms with Crippen LogP contribution in [0.3, 0.4) is 0 Å². The summed E-state index contributed by atoms with van der Waals surface area (Å²) in [7, 11) is 0. The number of hydrogen-bond acceptors (Lipinski definition) is 5. The second kappa shape index (κ2) is 9.30. The first kappa shape index (κ1) is 21.2. The molecule has 0 unspecified atom stereocenters. The van der Waals surface area contributed by atoms with Gasteiger partial charge in [-0.1, -0.05) is 0 Å². The van der Waals surface area contributed by atoms with E-state index in [2.05, 4.69) is 39.3 Å². The largest absolute Gasteiger partial charge is 0.357 e. The van der Waals surface area contributed by atoms with Crippen molar-refractivity contribution in [1.29, 1.82) is 0 Å². The van der Waals surface area contributed by atoms with E-state index in [1.165, 1.54) is 6.07 Å². The molecule has 1 aromatic heterocycles. The van der Waals surface area contributed by atoms with Gasteiger partial charge in [0.15, 0.2) is 11.6 Å². The van der Waals surface area contributed by atoms with Crippen LogP contribution in [0.2, 0.25) is 0 Å². The SMILES string of the molecule is CCN(CC)c1cc(C)nc(Nc2ccc(NC(=O)c3ccc(F)c(F)c3)cc2)n1. The molecule has 156 valence electrons. The fraction of sp³-hybridized carbons (Fsp3) is 0.227. The summed E-state index contributed by atoms with van der Waals surface area (Å²) in [4.78, 5) is 23.3. The zero-order chi connectivity index (χ0) is 21.7. The van der Waals surface area contributed by atoms with E-state index in [1.54, 1.807) is 24.3 Å². The lowest BCUT2D eigenvalue weighted by Crippen LogP contribution is -2.23. The van der Waals surface area contributed by atoms with Gasteiger partial charge in [-0.05, 0) is 63.2 Å². The number of nitrogens with zero attached hydrogens (tertiary/aromatic N) is 3. The van der Waals surface area contributed by atoms with Crippen molar-refractivity contribution in [1.82, 2.24) is 9.97 Å². The smallest absolute Gasteiger partial charge is 0.255 e. The normalized spacial score (nSPS) is 10.6. The number of rotatable bonds is 7. The maximum absolute atomic E-state index is 13.3. The Labute approximate surface area is 174 Å². The molecule has 0 spiro atoms. The molecule has 8 heteroatoms. The average Bonchev–Trinajstić information content (AvgIpc) is 2.72. The molecule has 1 heterocycles. The number of amides is 1. The third kappa shape index (κ3) is 5.08. The Morgan fingerprint density at radius 3 is 2.23 bits per heavy atom. The molecule has 0 radical (unpaired) electrons. The summed E-state index contributed by atoms with van der Waals surface area (Å²) < 4.78 is 26.3. The summed E-state index contributed by atoms with van der Waals surface area (Å²) in [6.07, 6.45) is 0. The molecule has 3 rings (SSSR count). The molecule has 0 bridgehead atoms. The molecule has 0 aliphatic heterocycles. The van der Waals surface area contributed by atoms with Crippen LogP contribution in [-0.2, 0) is 0 Å². The van der Waals surface area contributed by atoms with Gasteiger partial charge in [0.25, 0.3) is 5.91 Å². The van der Waals surface area contributed by atoms with Crippen LogP contribution in [0.15, 0.2) is 48.5 Å². The van der Waals surface area contributed by atoms with Crippen molar-refractivity contribution in [2.75, 3.05) is 28.6 Å². The Kier molecular flexibility index (Phi) is 6.56. The highest BCUT2D eigenvalue weighted by molar-refractivity contribution is 6.04. The van der Waals surface area contributed by atoms with Crippen LogP contribution < -0.4 is 15.5 Å². The zero-order valence-corrected chi connectivity index (χ0v) is 17.0. The first-order chi connectivity index (χ1) is 14.4. The van der Waals surface area contributed by atoms with Gasteiger partial charge in [0.1, 0.15) is 5.82 Å². The summed E-state index contributed by atoms with van der Waals surface area (Å²) in [6, 6.07) is 11.9. The van der Waals surface area contributed by atoms with Gasteiger partial charge in [0.05, 0.1) is 0 Å².